The molecule has 2 N–H and O–H groups in total. The zero-order valence-electron chi connectivity index (χ0n) is 6.75. The summed E-state index contributed by atoms with van der Waals surface area (Å²) in [5, 5.41) is 0. The Morgan fingerprint density at radius 1 is 1.73 bits per heavy atom. The van der Waals surface area contributed by atoms with Gasteiger partial charge in [0.1, 0.15) is 6.10 Å². The van der Waals surface area contributed by atoms with E-state index in [0.29, 0.717) is 0 Å². The maximum Gasteiger partial charge on any atom is 0.253 e. The van der Waals surface area contributed by atoms with Gasteiger partial charge in [-0.25, -0.2) is 0 Å². The summed E-state index contributed by atoms with van der Waals surface area (Å²) in [6.45, 7) is 1.99. The molecule has 1 fully saturated rings. The molecule has 0 bridgehead atoms. The summed E-state index contributed by atoms with van der Waals surface area (Å²) >= 11 is 0. The first-order chi connectivity index (χ1) is 5.29. The van der Waals surface area contributed by atoms with Gasteiger partial charge in [-0.3, -0.25) is 4.79 Å². The number of methoxy groups -OCH3 is 1. The zero-order chi connectivity index (χ0) is 8.27. The Morgan fingerprint density at radius 3 is 2.64 bits per heavy atom. The van der Waals surface area contributed by atoms with Crippen LogP contribution in [0.5, 0.6) is 0 Å². The third kappa shape index (κ3) is 1.70. The number of nitrogens with two attached hydrogens (primary N) is 1. The second kappa shape index (κ2) is 3.69. The highest BCUT2D eigenvalue weighted by atomic mass is 16.5. The van der Waals surface area contributed by atoms with Gasteiger partial charge in [-0.15, -0.1) is 0 Å². The predicted molar refractivity (Wildman–Crippen MR) is 41.0 cm³/mol. The van der Waals surface area contributed by atoms with Crippen LogP contribution in [-0.2, 0) is 9.53 Å². The lowest BCUT2D eigenvalue weighted by molar-refractivity contribution is -0.144. The highest BCUT2D eigenvalue weighted by Crippen LogP contribution is 2.08. The van der Waals surface area contributed by atoms with Crippen molar-refractivity contribution in [3.05, 3.63) is 0 Å². The van der Waals surface area contributed by atoms with Gasteiger partial charge in [-0.1, -0.05) is 0 Å². The largest absolute Gasteiger partial charge is 0.370 e. The second-order valence-corrected chi connectivity index (χ2v) is 2.64. The van der Waals surface area contributed by atoms with E-state index in [1.807, 2.05) is 0 Å². The van der Waals surface area contributed by atoms with Crippen LogP contribution >= 0.6 is 0 Å². The van der Waals surface area contributed by atoms with Gasteiger partial charge in [0.05, 0.1) is 0 Å². The smallest absolute Gasteiger partial charge is 0.253 e. The molecular formula is C7H14N2O2. The Morgan fingerprint density at radius 2 is 2.36 bits per heavy atom. The third-order valence-electron chi connectivity index (χ3n) is 1.94. The molecule has 1 aliphatic rings. The molecule has 4 heteroatoms. The number of ether oxygens (including phenoxy) is 1. The molecule has 0 aromatic carbocycles. The molecule has 1 aliphatic heterocycles. The minimum atomic E-state index is -0.435. The molecule has 1 unspecified atom stereocenters. The summed E-state index contributed by atoms with van der Waals surface area (Å²) in [5.74, 6) is 0.0289. The van der Waals surface area contributed by atoms with Crippen LogP contribution in [0.4, 0.5) is 0 Å². The Bertz CT molecular complexity index is 141. The number of carbonyl (C=O) groups excluding carboxylic acids is 1. The van der Waals surface area contributed by atoms with Crippen molar-refractivity contribution in [3.8, 4) is 0 Å². The number of likely N-dealkylation sites (tertiary alicyclic amines) is 1. The fourth-order valence-electron chi connectivity index (χ4n) is 1.04. The van der Waals surface area contributed by atoms with Gasteiger partial charge in [0.25, 0.3) is 5.91 Å². The third-order valence-corrected chi connectivity index (χ3v) is 1.94. The van der Waals surface area contributed by atoms with E-state index in [4.69, 9.17) is 10.5 Å². The van der Waals surface area contributed by atoms with E-state index in [0.717, 1.165) is 19.5 Å². The lowest BCUT2D eigenvalue weighted by atomic mass is 10.2. The van der Waals surface area contributed by atoms with Gasteiger partial charge in [0.15, 0.2) is 0 Å². The average Bonchev–Trinajstić information content (AvgIpc) is 1.86. The molecule has 0 aromatic heterocycles. The minimum Gasteiger partial charge on any atom is -0.370 e. The number of hydrogen-bond acceptors (Lipinski definition) is 3. The molecule has 64 valence electrons. The molecule has 0 aliphatic carbocycles. The Labute approximate surface area is 66.3 Å². The SMILES string of the molecule is COC(CN)C(=O)N1CCC1. The standard InChI is InChI=1S/C7H14N2O2/c1-11-6(5-8)7(10)9-3-2-4-9/h6H,2-5,8H2,1H3. The number of rotatable bonds is 3. The predicted octanol–water partition coefficient (Wildman–Crippen LogP) is -0.808. The van der Waals surface area contributed by atoms with Crippen LogP contribution in [0.1, 0.15) is 6.42 Å². The highest BCUT2D eigenvalue weighted by Gasteiger charge is 2.26. The van der Waals surface area contributed by atoms with Gasteiger partial charge in [0.2, 0.25) is 0 Å². The highest BCUT2D eigenvalue weighted by molar-refractivity contribution is 5.81. The molecule has 11 heavy (non-hydrogen) atoms. The molecule has 0 aromatic rings. The van der Waals surface area contributed by atoms with E-state index in [1.54, 1.807) is 4.90 Å². The summed E-state index contributed by atoms with van der Waals surface area (Å²) in [5.41, 5.74) is 5.33. The molecule has 1 heterocycles. The molecule has 1 atom stereocenters. The maximum absolute atomic E-state index is 11.3. The summed E-state index contributed by atoms with van der Waals surface area (Å²) in [7, 11) is 1.51. The fraction of sp³-hybridized carbons (Fsp3) is 0.857. The van der Waals surface area contributed by atoms with Gasteiger partial charge >= 0.3 is 0 Å². The van der Waals surface area contributed by atoms with Gasteiger partial charge < -0.3 is 15.4 Å². The van der Waals surface area contributed by atoms with Crippen LogP contribution in [0.25, 0.3) is 0 Å². The van der Waals surface area contributed by atoms with Crippen LogP contribution in [0.2, 0.25) is 0 Å². The first kappa shape index (κ1) is 8.49. The van der Waals surface area contributed by atoms with Crippen molar-refractivity contribution >= 4 is 5.91 Å². The number of nitrogens with zero attached hydrogens (tertiary/aromatic N) is 1. The van der Waals surface area contributed by atoms with Crippen molar-refractivity contribution in [1.29, 1.82) is 0 Å². The molecule has 1 rings (SSSR count). The van der Waals surface area contributed by atoms with E-state index < -0.39 is 6.10 Å². The lowest BCUT2D eigenvalue weighted by Crippen LogP contribution is -2.49. The molecule has 1 saturated heterocycles. The van der Waals surface area contributed by atoms with Crippen molar-refractivity contribution in [2.24, 2.45) is 5.73 Å². The second-order valence-electron chi connectivity index (χ2n) is 2.64. The maximum atomic E-state index is 11.3. The van der Waals surface area contributed by atoms with Crippen LogP contribution in [-0.4, -0.2) is 43.7 Å². The van der Waals surface area contributed by atoms with E-state index in [-0.39, 0.29) is 12.5 Å². The number of amides is 1. The molecule has 0 radical (unpaired) electrons. The quantitative estimate of drug-likeness (QED) is 0.584. The van der Waals surface area contributed by atoms with E-state index >= 15 is 0 Å². The van der Waals surface area contributed by atoms with Gasteiger partial charge in [-0.05, 0) is 6.42 Å². The van der Waals surface area contributed by atoms with E-state index in [1.165, 1.54) is 7.11 Å². The normalized spacial score (nSPS) is 19.3. The van der Waals surface area contributed by atoms with Crippen LogP contribution < -0.4 is 5.73 Å². The van der Waals surface area contributed by atoms with Crippen LogP contribution in [0.3, 0.4) is 0 Å². The fourth-order valence-corrected chi connectivity index (χ4v) is 1.04. The molecule has 1 amide bonds. The van der Waals surface area contributed by atoms with Crippen molar-refractivity contribution in [2.45, 2.75) is 12.5 Å². The van der Waals surface area contributed by atoms with Crippen molar-refractivity contribution in [2.75, 3.05) is 26.7 Å². The van der Waals surface area contributed by atoms with Crippen LogP contribution in [0, 0.1) is 0 Å². The zero-order valence-corrected chi connectivity index (χ0v) is 6.75. The Balaban J connectivity index is 2.36. The van der Waals surface area contributed by atoms with E-state index in [2.05, 4.69) is 0 Å². The first-order valence-electron chi connectivity index (χ1n) is 3.81. The summed E-state index contributed by atoms with van der Waals surface area (Å²) < 4.78 is 4.90. The van der Waals surface area contributed by atoms with Crippen LogP contribution in [0.15, 0.2) is 0 Å². The van der Waals surface area contributed by atoms with Crippen molar-refractivity contribution in [1.82, 2.24) is 4.90 Å². The molecule has 4 nitrogen and oxygen atoms in total. The summed E-state index contributed by atoms with van der Waals surface area (Å²) in [6.07, 6.45) is 0.669. The average molecular weight is 158 g/mol. The summed E-state index contributed by atoms with van der Waals surface area (Å²) in [6, 6.07) is 0. The van der Waals surface area contributed by atoms with Gasteiger partial charge in [0, 0.05) is 26.7 Å². The van der Waals surface area contributed by atoms with Crippen molar-refractivity contribution in [3.63, 3.8) is 0 Å². The monoisotopic (exact) mass is 158 g/mol. The lowest BCUT2D eigenvalue weighted by Gasteiger charge is -2.33. The molecule has 0 saturated carbocycles. The number of hydrogen-bond donors (Lipinski definition) is 1. The molecule has 0 spiro atoms. The minimum absolute atomic E-state index is 0.0289. The summed E-state index contributed by atoms with van der Waals surface area (Å²) in [4.78, 5) is 13.1. The number of carbonyl (C=O) groups is 1. The molecular weight excluding hydrogens is 144 g/mol. The van der Waals surface area contributed by atoms with Crippen molar-refractivity contribution < 1.29 is 9.53 Å². The Hall–Kier alpha value is -0.610. The first-order valence-corrected chi connectivity index (χ1v) is 3.81. The van der Waals surface area contributed by atoms with E-state index in [9.17, 15) is 4.79 Å². The van der Waals surface area contributed by atoms with Gasteiger partial charge in [-0.2, -0.15) is 0 Å². The topological polar surface area (TPSA) is 55.6 Å². The Kier molecular flexibility index (Phi) is 2.84.